The second kappa shape index (κ2) is 7.11. The molecule has 0 aromatic heterocycles. The zero-order valence-electron chi connectivity index (χ0n) is 13.1. The Morgan fingerprint density at radius 3 is 2.43 bits per heavy atom. The fraction of sp³-hybridized carbons (Fsp3) is 0.867. The summed E-state index contributed by atoms with van der Waals surface area (Å²) >= 11 is 0. The van der Waals surface area contributed by atoms with Crippen LogP contribution in [0.1, 0.15) is 44.9 Å². The number of oxime groups is 1. The van der Waals surface area contributed by atoms with E-state index in [1.807, 2.05) is 7.05 Å². The minimum Gasteiger partial charge on any atom is -0.409 e. The molecule has 1 heterocycles. The molecule has 0 spiro atoms. The second-order valence-corrected chi connectivity index (χ2v) is 6.40. The van der Waals surface area contributed by atoms with E-state index in [0.717, 1.165) is 38.9 Å². The van der Waals surface area contributed by atoms with Gasteiger partial charge in [0.1, 0.15) is 5.41 Å². The number of likely N-dealkylation sites (tertiary alicyclic amines) is 1. The molecule has 0 aromatic rings. The summed E-state index contributed by atoms with van der Waals surface area (Å²) in [4.78, 5) is 17.0. The van der Waals surface area contributed by atoms with Gasteiger partial charge in [0.25, 0.3) is 0 Å². The van der Waals surface area contributed by atoms with Crippen LogP contribution in [0.15, 0.2) is 5.16 Å². The SMILES string of the molecule is CN(CCN1CCCC1)C(=O)C1(C(N)=NO)CCCCC1. The first-order chi connectivity index (χ1) is 10.1. The highest BCUT2D eigenvalue weighted by molar-refractivity contribution is 6.06. The first-order valence-corrected chi connectivity index (χ1v) is 8.06. The van der Waals surface area contributed by atoms with Crippen molar-refractivity contribution in [3.8, 4) is 0 Å². The Morgan fingerprint density at radius 2 is 1.86 bits per heavy atom. The number of hydrogen-bond donors (Lipinski definition) is 2. The first kappa shape index (κ1) is 16.1. The molecule has 0 unspecified atom stereocenters. The summed E-state index contributed by atoms with van der Waals surface area (Å²) in [5.41, 5.74) is 5.10. The number of hydrogen-bond acceptors (Lipinski definition) is 4. The van der Waals surface area contributed by atoms with Crippen LogP contribution in [-0.4, -0.2) is 60.0 Å². The van der Waals surface area contributed by atoms with Crippen LogP contribution in [0.2, 0.25) is 0 Å². The minimum absolute atomic E-state index is 0.0108. The molecule has 2 aliphatic rings. The lowest BCUT2D eigenvalue weighted by molar-refractivity contribution is -0.138. The van der Waals surface area contributed by atoms with Gasteiger partial charge in [0.15, 0.2) is 5.84 Å². The molecule has 120 valence electrons. The van der Waals surface area contributed by atoms with Crippen LogP contribution in [0.5, 0.6) is 0 Å². The molecule has 0 atom stereocenters. The zero-order valence-corrected chi connectivity index (χ0v) is 13.1. The zero-order chi connectivity index (χ0) is 15.3. The van der Waals surface area contributed by atoms with Crippen molar-refractivity contribution >= 4 is 11.7 Å². The van der Waals surface area contributed by atoms with Gasteiger partial charge in [0, 0.05) is 20.1 Å². The van der Waals surface area contributed by atoms with Crippen LogP contribution in [-0.2, 0) is 4.79 Å². The first-order valence-electron chi connectivity index (χ1n) is 8.06. The molecule has 0 aromatic carbocycles. The summed E-state index contributed by atoms with van der Waals surface area (Å²) in [6.07, 6.45) is 6.93. The maximum absolute atomic E-state index is 12.9. The monoisotopic (exact) mass is 296 g/mol. The van der Waals surface area contributed by atoms with Crippen LogP contribution in [0.25, 0.3) is 0 Å². The lowest BCUT2D eigenvalue weighted by Gasteiger charge is -2.37. The quantitative estimate of drug-likeness (QED) is 0.346. The van der Waals surface area contributed by atoms with Crippen LogP contribution in [0, 0.1) is 5.41 Å². The van der Waals surface area contributed by atoms with Gasteiger partial charge in [-0.3, -0.25) is 4.79 Å². The average molecular weight is 296 g/mol. The van der Waals surface area contributed by atoms with E-state index < -0.39 is 5.41 Å². The molecule has 2 fully saturated rings. The molecule has 1 aliphatic heterocycles. The molecule has 6 nitrogen and oxygen atoms in total. The van der Waals surface area contributed by atoms with E-state index in [1.54, 1.807) is 4.90 Å². The number of nitrogens with zero attached hydrogens (tertiary/aromatic N) is 3. The van der Waals surface area contributed by atoms with Crippen molar-refractivity contribution in [1.29, 1.82) is 0 Å². The number of amidine groups is 1. The van der Waals surface area contributed by atoms with Crippen molar-refractivity contribution in [2.75, 3.05) is 33.2 Å². The van der Waals surface area contributed by atoms with Crippen LogP contribution in [0.3, 0.4) is 0 Å². The van der Waals surface area contributed by atoms with Crippen LogP contribution < -0.4 is 5.73 Å². The van der Waals surface area contributed by atoms with Gasteiger partial charge in [-0.15, -0.1) is 0 Å². The summed E-state index contributed by atoms with van der Waals surface area (Å²) < 4.78 is 0. The van der Waals surface area contributed by atoms with E-state index in [0.29, 0.717) is 19.4 Å². The largest absolute Gasteiger partial charge is 0.409 e. The Hall–Kier alpha value is -1.30. The number of carbonyl (C=O) groups excluding carboxylic acids is 1. The summed E-state index contributed by atoms with van der Waals surface area (Å²) in [7, 11) is 1.83. The molecule has 2 rings (SSSR count). The number of likely N-dealkylation sites (N-methyl/N-ethyl adjacent to an activating group) is 1. The van der Waals surface area contributed by atoms with E-state index in [2.05, 4.69) is 10.1 Å². The number of nitrogens with two attached hydrogens (primary N) is 1. The summed E-state index contributed by atoms with van der Waals surface area (Å²) in [5.74, 6) is 0.0944. The number of amides is 1. The van der Waals surface area contributed by atoms with Crippen molar-refractivity contribution < 1.29 is 10.0 Å². The highest BCUT2D eigenvalue weighted by Gasteiger charge is 2.45. The molecule has 6 heteroatoms. The summed E-state index contributed by atoms with van der Waals surface area (Å²) in [5, 5.41) is 12.2. The number of rotatable bonds is 5. The predicted octanol–water partition coefficient (Wildman–Crippen LogP) is 1.24. The van der Waals surface area contributed by atoms with Crippen molar-refractivity contribution in [3.05, 3.63) is 0 Å². The molecule has 21 heavy (non-hydrogen) atoms. The maximum Gasteiger partial charge on any atom is 0.236 e. The van der Waals surface area contributed by atoms with Gasteiger partial charge >= 0.3 is 0 Å². The smallest absolute Gasteiger partial charge is 0.236 e. The predicted molar refractivity (Wildman–Crippen MR) is 82.2 cm³/mol. The lowest BCUT2D eigenvalue weighted by Crippen LogP contribution is -2.52. The Kier molecular flexibility index (Phi) is 5.45. The standard InChI is InChI=1S/C15H28N4O2/c1-18(11-12-19-9-5-6-10-19)14(20)15(13(16)17-21)7-3-2-4-8-15/h21H,2-12H2,1H3,(H2,16,17). The Balaban J connectivity index is 1.99. The van der Waals surface area contributed by atoms with Crippen LogP contribution in [0.4, 0.5) is 0 Å². The van der Waals surface area contributed by atoms with Gasteiger partial charge in [-0.1, -0.05) is 24.4 Å². The van der Waals surface area contributed by atoms with Gasteiger partial charge in [-0.2, -0.15) is 0 Å². The molecule has 3 N–H and O–H groups in total. The van der Waals surface area contributed by atoms with E-state index in [4.69, 9.17) is 10.9 Å². The molecular formula is C15H28N4O2. The average Bonchev–Trinajstić information content (AvgIpc) is 3.05. The topological polar surface area (TPSA) is 82.2 Å². The molecule has 0 bridgehead atoms. The Bertz CT molecular complexity index is 385. The molecule has 1 saturated heterocycles. The third-order valence-electron chi connectivity index (χ3n) is 5.01. The van der Waals surface area contributed by atoms with Gasteiger partial charge < -0.3 is 20.7 Å². The Labute approximate surface area is 127 Å². The van der Waals surface area contributed by atoms with Gasteiger partial charge in [-0.05, 0) is 38.8 Å². The van der Waals surface area contributed by atoms with Crippen molar-refractivity contribution in [1.82, 2.24) is 9.80 Å². The van der Waals surface area contributed by atoms with E-state index in [1.165, 1.54) is 12.8 Å². The fourth-order valence-corrected chi connectivity index (χ4v) is 3.60. The normalized spacial score (nSPS) is 23.2. The maximum atomic E-state index is 12.9. The molecule has 1 amide bonds. The van der Waals surface area contributed by atoms with Crippen LogP contribution >= 0.6 is 0 Å². The summed E-state index contributed by atoms with van der Waals surface area (Å²) in [6.45, 7) is 3.88. The van der Waals surface area contributed by atoms with E-state index in [9.17, 15) is 4.79 Å². The second-order valence-electron chi connectivity index (χ2n) is 6.40. The summed E-state index contributed by atoms with van der Waals surface area (Å²) in [6, 6.07) is 0. The van der Waals surface area contributed by atoms with Gasteiger partial charge in [0.05, 0.1) is 0 Å². The Morgan fingerprint density at radius 1 is 1.24 bits per heavy atom. The lowest BCUT2D eigenvalue weighted by atomic mass is 9.72. The van der Waals surface area contributed by atoms with Crippen molar-refractivity contribution in [3.63, 3.8) is 0 Å². The van der Waals surface area contributed by atoms with Crippen molar-refractivity contribution in [2.45, 2.75) is 44.9 Å². The molecular weight excluding hydrogens is 268 g/mol. The third-order valence-corrected chi connectivity index (χ3v) is 5.01. The van der Waals surface area contributed by atoms with Crippen molar-refractivity contribution in [2.24, 2.45) is 16.3 Å². The molecule has 1 saturated carbocycles. The minimum atomic E-state index is -0.785. The number of carbonyl (C=O) groups is 1. The highest BCUT2D eigenvalue weighted by Crippen LogP contribution is 2.38. The highest BCUT2D eigenvalue weighted by atomic mass is 16.4. The fourth-order valence-electron chi connectivity index (χ4n) is 3.60. The van der Waals surface area contributed by atoms with Gasteiger partial charge in [-0.25, -0.2) is 0 Å². The third kappa shape index (κ3) is 3.48. The van der Waals surface area contributed by atoms with Gasteiger partial charge in [0.2, 0.25) is 5.91 Å². The van der Waals surface area contributed by atoms with E-state index in [-0.39, 0.29) is 11.7 Å². The molecule has 0 radical (unpaired) electrons. The molecule has 1 aliphatic carbocycles. The van der Waals surface area contributed by atoms with E-state index >= 15 is 0 Å².